The van der Waals surface area contributed by atoms with Gasteiger partial charge in [-0.05, 0) is 36.4 Å². The molecule has 7 nitrogen and oxygen atoms in total. The maximum Gasteiger partial charge on any atom is 0.308 e. The van der Waals surface area contributed by atoms with Crippen molar-refractivity contribution in [1.82, 2.24) is 4.90 Å². The maximum absolute atomic E-state index is 13.1. The number of amides is 1. The molecule has 0 aliphatic carbocycles. The standard InChI is InChI=1S/C21H24FN3O4/c22-16-5-7-17(8-6-16)25-11-9-24(10-12-25)14-15(21(28)29)13-20(27)23-18-3-1-2-4-19(18)26/h1-8,15,26H,9-14H2,(H,23,27)(H,28,29)/t15-/m0/s1. The number of phenols is 1. The largest absolute Gasteiger partial charge is 0.506 e. The highest BCUT2D eigenvalue weighted by Crippen LogP contribution is 2.22. The van der Waals surface area contributed by atoms with Crippen molar-refractivity contribution in [3.8, 4) is 5.75 Å². The third kappa shape index (κ3) is 5.68. The highest BCUT2D eigenvalue weighted by Gasteiger charge is 2.26. The molecule has 0 unspecified atom stereocenters. The summed E-state index contributed by atoms with van der Waals surface area (Å²) in [5.74, 6) is -2.68. The normalized spacial score (nSPS) is 15.7. The van der Waals surface area contributed by atoms with Gasteiger partial charge in [0.05, 0.1) is 11.6 Å². The van der Waals surface area contributed by atoms with Crippen molar-refractivity contribution in [3.05, 3.63) is 54.3 Å². The minimum Gasteiger partial charge on any atom is -0.506 e. The summed E-state index contributed by atoms with van der Waals surface area (Å²) in [6.07, 6.45) is -0.179. The van der Waals surface area contributed by atoms with Gasteiger partial charge in [0, 0.05) is 44.8 Å². The van der Waals surface area contributed by atoms with Crippen LogP contribution in [-0.4, -0.2) is 59.7 Å². The number of carbonyl (C=O) groups is 2. The number of nitrogens with zero attached hydrogens (tertiary/aromatic N) is 2. The fraction of sp³-hybridized carbons (Fsp3) is 0.333. The molecule has 3 N–H and O–H groups in total. The Morgan fingerprint density at radius 2 is 1.69 bits per heavy atom. The van der Waals surface area contributed by atoms with Crippen molar-refractivity contribution in [2.45, 2.75) is 6.42 Å². The van der Waals surface area contributed by atoms with Crippen LogP contribution in [0.1, 0.15) is 6.42 Å². The van der Waals surface area contributed by atoms with Gasteiger partial charge < -0.3 is 20.4 Å². The van der Waals surface area contributed by atoms with Crippen LogP contribution in [0, 0.1) is 11.7 Å². The van der Waals surface area contributed by atoms with Crippen molar-refractivity contribution in [2.24, 2.45) is 5.92 Å². The van der Waals surface area contributed by atoms with Crippen molar-refractivity contribution in [1.29, 1.82) is 0 Å². The summed E-state index contributed by atoms with van der Waals surface area (Å²) in [6, 6.07) is 12.6. The topological polar surface area (TPSA) is 93.1 Å². The Balaban J connectivity index is 1.52. The molecule has 1 amide bonds. The number of carbonyl (C=O) groups excluding carboxylic acids is 1. The fourth-order valence-electron chi connectivity index (χ4n) is 3.39. The molecule has 0 radical (unpaired) electrons. The number of anilines is 2. The van der Waals surface area contributed by atoms with Crippen molar-refractivity contribution in [3.63, 3.8) is 0 Å². The SMILES string of the molecule is O=C(C[C@@H](CN1CCN(c2ccc(F)cc2)CC1)C(=O)O)Nc1ccccc1O. The second-order valence-electron chi connectivity index (χ2n) is 7.07. The lowest BCUT2D eigenvalue weighted by Gasteiger charge is -2.37. The lowest BCUT2D eigenvalue weighted by molar-refractivity contribution is -0.144. The molecule has 1 aliphatic rings. The molecule has 1 fully saturated rings. The number of para-hydroxylation sites is 2. The molecule has 8 heteroatoms. The van der Waals surface area contributed by atoms with E-state index in [9.17, 15) is 24.2 Å². The van der Waals surface area contributed by atoms with E-state index in [1.807, 2.05) is 4.90 Å². The van der Waals surface area contributed by atoms with Crippen LogP contribution in [-0.2, 0) is 9.59 Å². The number of rotatable bonds is 7. The molecule has 3 rings (SSSR count). The van der Waals surface area contributed by atoms with Gasteiger partial charge in [-0.25, -0.2) is 4.39 Å². The average Bonchev–Trinajstić information content (AvgIpc) is 2.70. The first kappa shape index (κ1) is 20.6. The van der Waals surface area contributed by atoms with Crippen LogP contribution in [0.3, 0.4) is 0 Å². The van der Waals surface area contributed by atoms with Crippen LogP contribution in [0.5, 0.6) is 5.75 Å². The number of carboxylic acids is 1. The number of hydrogen-bond donors (Lipinski definition) is 3. The Morgan fingerprint density at radius 3 is 2.31 bits per heavy atom. The molecule has 1 atom stereocenters. The number of aromatic hydroxyl groups is 1. The molecular formula is C21H24FN3O4. The molecule has 1 heterocycles. The zero-order chi connectivity index (χ0) is 20.8. The monoisotopic (exact) mass is 401 g/mol. The van der Waals surface area contributed by atoms with E-state index in [0.717, 1.165) is 5.69 Å². The number of piperazine rings is 1. The predicted molar refractivity (Wildman–Crippen MR) is 108 cm³/mol. The number of benzene rings is 2. The minimum absolute atomic E-state index is 0.0651. The van der Waals surface area contributed by atoms with Crippen molar-refractivity contribution < 1.29 is 24.2 Å². The van der Waals surface area contributed by atoms with Gasteiger partial charge in [0.2, 0.25) is 5.91 Å². The van der Waals surface area contributed by atoms with Gasteiger partial charge in [0.1, 0.15) is 11.6 Å². The van der Waals surface area contributed by atoms with Gasteiger partial charge in [-0.1, -0.05) is 12.1 Å². The Hall–Kier alpha value is -3.13. The first-order valence-electron chi connectivity index (χ1n) is 9.46. The van der Waals surface area contributed by atoms with Crippen LogP contribution in [0.25, 0.3) is 0 Å². The number of carboxylic acid groups (broad SMARTS) is 1. The zero-order valence-corrected chi connectivity index (χ0v) is 15.9. The highest BCUT2D eigenvalue weighted by atomic mass is 19.1. The molecule has 0 spiro atoms. The highest BCUT2D eigenvalue weighted by molar-refractivity contribution is 5.94. The van der Waals surface area contributed by atoms with Crippen molar-refractivity contribution in [2.75, 3.05) is 42.9 Å². The number of nitrogens with one attached hydrogen (secondary N) is 1. The lowest BCUT2D eigenvalue weighted by atomic mass is 10.0. The zero-order valence-electron chi connectivity index (χ0n) is 15.9. The fourth-order valence-corrected chi connectivity index (χ4v) is 3.39. The van der Waals surface area contributed by atoms with Crippen LogP contribution in [0.2, 0.25) is 0 Å². The first-order chi connectivity index (χ1) is 13.9. The van der Waals surface area contributed by atoms with E-state index in [0.29, 0.717) is 26.2 Å². The molecule has 154 valence electrons. The van der Waals surface area contributed by atoms with Crippen molar-refractivity contribution >= 4 is 23.3 Å². The van der Waals surface area contributed by atoms with E-state index < -0.39 is 17.8 Å². The third-order valence-corrected chi connectivity index (χ3v) is 5.00. The van der Waals surface area contributed by atoms with Crippen LogP contribution < -0.4 is 10.2 Å². The number of hydrogen-bond acceptors (Lipinski definition) is 5. The van der Waals surface area contributed by atoms with Gasteiger partial charge in [-0.2, -0.15) is 0 Å². The number of aliphatic carboxylic acids is 1. The van der Waals surface area contributed by atoms with Gasteiger partial charge >= 0.3 is 5.97 Å². The number of halogens is 1. The van der Waals surface area contributed by atoms with Gasteiger partial charge in [0.25, 0.3) is 0 Å². The molecule has 0 bridgehead atoms. The molecular weight excluding hydrogens is 377 g/mol. The maximum atomic E-state index is 13.1. The van der Waals surface area contributed by atoms with E-state index in [2.05, 4.69) is 10.2 Å². The smallest absolute Gasteiger partial charge is 0.308 e. The average molecular weight is 401 g/mol. The van der Waals surface area contributed by atoms with E-state index in [1.54, 1.807) is 30.3 Å². The van der Waals surface area contributed by atoms with Crippen LogP contribution >= 0.6 is 0 Å². The summed E-state index contributed by atoms with van der Waals surface area (Å²) in [7, 11) is 0. The molecule has 0 aromatic heterocycles. The second-order valence-corrected chi connectivity index (χ2v) is 7.07. The minimum atomic E-state index is -1.03. The summed E-state index contributed by atoms with van der Waals surface area (Å²) in [5, 5.41) is 21.8. The molecule has 2 aromatic rings. The lowest BCUT2D eigenvalue weighted by Crippen LogP contribution is -2.48. The Kier molecular flexibility index (Phi) is 6.66. The quantitative estimate of drug-likeness (QED) is 0.617. The van der Waals surface area contributed by atoms with E-state index in [4.69, 9.17) is 0 Å². The Morgan fingerprint density at radius 1 is 1.03 bits per heavy atom. The summed E-state index contributed by atoms with van der Waals surface area (Å²) >= 11 is 0. The second kappa shape index (κ2) is 9.38. The van der Waals surface area contributed by atoms with Crippen LogP contribution in [0.4, 0.5) is 15.8 Å². The molecule has 0 saturated carbocycles. The molecule has 1 saturated heterocycles. The summed E-state index contributed by atoms with van der Waals surface area (Å²) in [6.45, 7) is 2.97. The van der Waals surface area contributed by atoms with Gasteiger partial charge in [-0.3, -0.25) is 14.5 Å². The van der Waals surface area contributed by atoms with E-state index in [-0.39, 0.29) is 30.2 Å². The third-order valence-electron chi connectivity index (χ3n) is 5.00. The Bertz CT molecular complexity index is 851. The van der Waals surface area contributed by atoms with Crippen LogP contribution in [0.15, 0.2) is 48.5 Å². The van der Waals surface area contributed by atoms with Gasteiger partial charge in [-0.15, -0.1) is 0 Å². The Labute approximate surface area is 168 Å². The molecule has 29 heavy (non-hydrogen) atoms. The summed E-state index contributed by atoms with van der Waals surface area (Å²) in [5.41, 5.74) is 1.19. The predicted octanol–water partition coefficient (Wildman–Crippen LogP) is 2.38. The van der Waals surface area contributed by atoms with E-state index in [1.165, 1.54) is 18.2 Å². The summed E-state index contributed by atoms with van der Waals surface area (Å²) in [4.78, 5) is 28.0. The molecule has 2 aromatic carbocycles. The van der Waals surface area contributed by atoms with Gasteiger partial charge in [0.15, 0.2) is 0 Å². The van der Waals surface area contributed by atoms with E-state index >= 15 is 0 Å². The number of phenolic OH excluding ortho intramolecular Hbond substituents is 1. The molecule has 1 aliphatic heterocycles. The summed E-state index contributed by atoms with van der Waals surface area (Å²) < 4.78 is 13.1. The first-order valence-corrected chi connectivity index (χ1v) is 9.46.